The maximum atomic E-state index is 11.9. The number of carbonyl (C=O) groups is 1. The molecule has 0 saturated heterocycles. The number of H-pyrrole nitrogens is 1. The zero-order chi connectivity index (χ0) is 13.2. The van der Waals surface area contributed by atoms with Gasteiger partial charge in [-0.3, -0.25) is 14.6 Å². The van der Waals surface area contributed by atoms with E-state index in [1.807, 2.05) is 0 Å². The van der Waals surface area contributed by atoms with Gasteiger partial charge in [-0.05, 0) is 31.0 Å². The molecule has 6 nitrogen and oxygen atoms in total. The number of aromatic nitrogens is 3. The Morgan fingerprint density at radius 1 is 1.32 bits per heavy atom. The van der Waals surface area contributed by atoms with Crippen molar-refractivity contribution >= 4 is 5.91 Å². The van der Waals surface area contributed by atoms with Gasteiger partial charge in [-0.1, -0.05) is 0 Å². The predicted molar refractivity (Wildman–Crippen MR) is 68.6 cm³/mol. The number of carbonyl (C=O) groups excluding carboxylic acids is 1. The van der Waals surface area contributed by atoms with Gasteiger partial charge in [0.15, 0.2) is 0 Å². The summed E-state index contributed by atoms with van der Waals surface area (Å²) in [5.74, 6) is -0.346. The van der Waals surface area contributed by atoms with Crippen molar-refractivity contribution < 1.29 is 4.79 Å². The first-order chi connectivity index (χ1) is 9.24. The van der Waals surface area contributed by atoms with Crippen molar-refractivity contribution in [1.29, 1.82) is 0 Å². The van der Waals surface area contributed by atoms with Gasteiger partial charge in [0.25, 0.3) is 11.5 Å². The van der Waals surface area contributed by atoms with Gasteiger partial charge in [-0.15, -0.1) is 0 Å². The van der Waals surface area contributed by atoms with Gasteiger partial charge in [-0.2, -0.15) is 5.10 Å². The van der Waals surface area contributed by atoms with Crippen molar-refractivity contribution in [3.8, 4) is 11.3 Å². The summed E-state index contributed by atoms with van der Waals surface area (Å²) in [6, 6.07) is 5.25. The van der Waals surface area contributed by atoms with Crippen LogP contribution in [0.25, 0.3) is 11.3 Å². The molecule has 2 N–H and O–H groups in total. The lowest BCUT2D eigenvalue weighted by atomic mass is 10.1. The summed E-state index contributed by atoms with van der Waals surface area (Å²) in [4.78, 5) is 27.5. The molecule has 2 aromatic heterocycles. The van der Waals surface area contributed by atoms with E-state index in [1.54, 1.807) is 24.5 Å². The van der Waals surface area contributed by atoms with Crippen LogP contribution in [0.3, 0.4) is 0 Å². The fourth-order valence-corrected chi connectivity index (χ4v) is 1.74. The zero-order valence-corrected chi connectivity index (χ0v) is 10.1. The van der Waals surface area contributed by atoms with Crippen molar-refractivity contribution in [1.82, 2.24) is 20.5 Å². The van der Waals surface area contributed by atoms with Crippen LogP contribution < -0.4 is 10.9 Å². The Balaban J connectivity index is 1.95. The predicted octanol–water partition coefficient (Wildman–Crippen LogP) is 0.724. The highest BCUT2D eigenvalue weighted by molar-refractivity contribution is 5.95. The molecule has 3 rings (SSSR count). The van der Waals surface area contributed by atoms with Crippen molar-refractivity contribution in [2.24, 2.45) is 0 Å². The standard InChI is InChI=1S/C13H12N4O2/c18-12(15-9-1-2-9)10-7-11(16-17-13(10)19)8-3-5-14-6-4-8/h3-7,9H,1-2H2,(H,15,18)(H,17,19). The highest BCUT2D eigenvalue weighted by Gasteiger charge is 2.25. The van der Waals surface area contributed by atoms with Gasteiger partial charge in [0.05, 0.1) is 5.69 Å². The molecule has 1 saturated carbocycles. The smallest absolute Gasteiger partial charge is 0.277 e. The van der Waals surface area contributed by atoms with Gasteiger partial charge < -0.3 is 5.32 Å². The number of pyridine rings is 1. The fraction of sp³-hybridized carbons (Fsp3) is 0.231. The molecule has 1 amide bonds. The van der Waals surface area contributed by atoms with E-state index in [0.29, 0.717) is 5.69 Å². The van der Waals surface area contributed by atoms with E-state index in [2.05, 4.69) is 20.5 Å². The first kappa shape index (κ1) is 11.6. The Kier molecular flexibility index (Phi) is 2.83. The highest BCUT2D eigenvalue weighted by Crippen LogP contribution is 2.19. The molecule has 0 aromatic carbocycles. The summed E-state index contributed by atoms with van der Waals surface area (Å²) in [5.41, 5.74) is 0.958. The third-order valence-electron chi connectivity index (χ3n) is 2.94. The molecule has 0 radical (unpaired) electrons. The number of hydrogen-bond donors (Lipinski definition) is 2. The van der Waals surface area contributed by atoms with Crippen molar-refractivity contribution in [2.45, 2.75) is 18.9 Å². The molecule has 0 unspecified atom stereocenters. The number of aromatic amines is 1. The second kappa shape index (κ2) is 4.64. The van der Waals surface area contributed by atoms with E-state index in [0.717, 1.165) is 18.4 Å². The number of amides is 1. The SMILES string of the molecule is O=C(NC1CC1)c1cc(-c2ccncc2)n[nH]c1=O. The Hall–Kier alpha value is -2.50. The Morgan fingerprint density at radius 2 is 2.05 bits per heavy atom. The second-order valence-corrected chi connectivity index (χ2v) is 4.48. The van der Waals surface area contributed by atoms with Crippen LogP contribution in [0, 0.1) is 0 Å². The van der Waals surface area contributed by atoms with E-state index in [1.165, 1.54) is 6.07 Å². The van der Waals surface area contributed by atoms with Gasteiger partial charge >= 0.3 is 0 Å². The normalized spacial score (nSPS) is 14.1. The lowest BCUT2D eigenvalue weighted by molar-refractivity contribution is 0.0949. The third-order valence-corrected chi connectivity index (χ3v) is 2.94. The van der Waals surface area contributed by atoms with Gasteiger partial charge in [0.1, 0.15) is 5.56 Å². The summed E-state index contributed by atoms with van der Waals surface area (Å²) in [5, 5.41) is 9.09. The quantitative estimate of drug-likeness (QED) is 0.847. The number of rotatable bonds is 3. The number of hydrogen-bond acceptors (Lipinski definition) is 4. The van der Waals surface area contributed by atoms with Crippen molar-refractivity contribution in [3.05, 3.63) is 46.5 Å². The third kappa shape index (κ3) is 2.52. The molecule has 1 aliphatic carbocycles. The Labute approximate surface area is 108 Å². The van der Waals surface area contributed by atoms with Crippen LogP contribution in [0.15, 0.2) is 35.4 Å². The maximum absolute atomic E-state index is 11.9. The van der Waals surface area contributed by atoms with Gasteiger partial charge in [-0.25, -0.2) is 5.10 Å². The molecule has 1 fully saturated rings. The largest absolute Gasteiger partial charge is 0.349 e. The average molecular weight is 256 g/mol. The minimum absolute atomic E-state index is 0.0914. The molecule has 0 atom stereocenters. The van der Waals surface area contributed by atoms with E-state index in [-0.39, 0.29) is 17.5 Å². The summed E-state index contributed by atoms with van der Waals surface area (Å²) in [7, 11) is 0. The van der Waals surface area contributed by atoms with Crippen LogP contribution >= 0.6 is 0 Å². The summed E-state index contributed by atoms with van der Waals surface area (Å²) in [6.45, 7) is 0. The lowest BCUT2D eigenvalue weighted by Crippen LogP contribution is -2.31. The summed E-state index contributed by atoms with van der Waals surface area (Å²) < 4.78 is 0. The van der Waals surface area contributed by atoms with Crippen LogP contribution in [0.4, 0.5) is 0 Å². The minimum Gasteiger partial charge on any atom is -0.349 e. The molecule has 1 aliphatic rings. The van der Waals surface area contributed by atoms with E-state index < -0.39 is 5.56 Å². The highest BCUT2D eigenvalue weighted by atomic mass is 16.2. The van der Waals surface area contributed by atoms with E-state index >= 15 is 0 Å². The fourth-order valence-electron chi connectivity index (χ4n) is 1.74. The first-order valence-electron chi connectivity index (χ1n) is 6.05. The monoisotopic (exact) mass is 256 g/mol. The molecule has 96 valence electrons. The van der Waals surface area contributed by atoms with Crippen molar-refractivity contribution in [2.75, 3.05) is 0 Å². The summed E-state index contributed by atoms with van der Waals surface area (Å²) >= 11 is 0. The Bertz CT molecular complexity index is 662. The molecule has 19 heavy (non-hydrogen) atoms. The van der Waals surface area contributed by atoms with Crippen LogP contribution in [0.5, 0.6) is 0 Å². The number of nitrogens with one attached hydrogen (secondary N) is 2. The van der Waals surface area contributed by atoms with Crippen LogP contribution in [-0.2, 0) is 0 Å². The summed E-state index contributed by atoms with van der Waals surface area (Å²) in [6.07, 6.45) is 5.22. The Morgan fingerprint density at radius 3 is 2.74 bits per heavy atom. The topological polar surface area (TPSA) is 87.7 Å². The van der Waals surface area contributed by atoms with Gasteiger partial charge in [0.2, 0.25) is 0 Å². The van der Waals surface area contributed by atoms with E-state index in [9.17, 15) is 9.59 Å². The first-order valence-corrected chi connectivity index (χ1v) is 6.05. The zero-order valence-electron chi connectivity index (χ0n) is 10.1. The minimum atomic E-state index is -0.476. The second-order valence-electron chi connectivity index (χ2n) is 4.48. The van der Waals surface area contributed by atoms with Crippen LogP contribution in [-0.4, -0.2) is 27.1 Å². The van der Waals surface area contributed by atoms with Gasteiger partial charge in [0, 0.05) is 24.0 Å². The van der Waals surface area contributed by atoms with Crippen LogP contribution in [0.1, 0.15) is 23.2 Å². The molecule has 2 aromatic rings. The maximum Gasteiger partial charge on any atom is 0.277 e. The molecule has 6 heteroatoms. The molecular weight excluding hydrogens is 244 g/mol. The van der Waals surface area contributed by atoms with E-state index in [4.69, 9.17) is 0 Å². The molecule has 0 spiro atoms. The van der Waals surface area contributed by atoms with Crippen LogP contribution in [0.2, 0.25) is 0 Å². The lowest BCUT2D eigenvalue weighted by Gasteiger charge is -2.04. The molecule has 0 aliphatic heterocycles. The average Bonchev–Trinajstić information content (AvgIpc) is 3.24. The molecule has 2 heterocycles. The number of nitrogens with zero attached hydrogens (tertiary/aromatic N) is 2. The molecular formula is C13H12N4O2. The van der Waals surface area contributed by atoms with Crippen molar-refractivity contribution in [3.63, 3.8) is 0 Å². The molecule has 0 bridgehead atoms.